The van der Waals surface area contributed by atoms with E-state index in [0.29, 0.717) is 0 Å². The van der Waals surface area contributed by atoms with Gasteiger partial charge in [0.2, 0.25) is 0 Å². The van der Waals surface area contributed by atoms with Crippen molar-refractivity contribution in [2.75, 3.05) is 0 Å². The van der Waals surface area contributed by atoms with E-state index in [-0.39, 0.29) is 11.6 Å². The van der Waals surface area contributed by atoms with Crippen LogP contribution in [0.1, 0.15) is 0 Å². The van der Waals surface area contributed by atoms with Crippen LogP contribution in [0.5, 0.6) is 0 Å². The standard InChI is InChI=1S/H3N.Ni.H2O.S/h1H3;;1H2;. The topological polar surface area (TPSA) is 66.5 Å². The van der Waals surface area contributed by atoms with Crippen molar-refractivity contribution in [2.24, 2.45) is 0 Å². The van der Waals surface area contributed by atoms with Crippen LogP contribution >= 0.6 is 10.7 Å². The summed E-state index contributed by atoms with van der Waals surface area (Å²) in [5, 5.41) is 0. The van der Waals surface area contributed by atoms with Gasteiger partial charge in [0.05, 0.1) is 0 Å². The van der Waals surface area contributed by atoms with Crippen LogP contribution in [0, 0.1) is 0 Å². The zero-order valence-electron chi connectivity index (χ0n) is 2.17. The van der Waals surface area contributed by atoms with Crippen molar-refractivity contribution >= 4 is 10.7 Å². The predicted molar refractivity (Wildman–Crippen MR) is 15.5 cm³/mol. The molecule has 0 fully saturated rings. The van der Waals surface area contributed by atoms with Gasteiger partial charge in [0.1, 0.15) is 0 Å². The maximum absolute atomic E-state index is 3.71. The zero-order chi connectivity index (χ0) is 2.00. The molecule has 0 radical (unpaired) electrons. The zero-order valence-corrected chi connectivity index (χ0v) is 3.98. The fourth-order valence-electron chi connectivity index (χ4n) is 0. The summed E-state index contributed by atoms with van der Waals surface area (Å²) in [7, 11) is 3.71. The SMILES string of the molecule is [NH4+].[OH-].[S]=[Ni]. The van der Waals surface area contributed by atoms with Crippen LogP contribution < -0.4 is 6.15 Å². The third-order valence-electron chi connectivity index (χ3n) is 0. The summed E-state index contributed by atoms with van der Waals surface area (Å²) in [5.74, 6) is 0. The number of hydrogen-bond acceptors (Lipinski definition) is 2. The van der Waals surface area contributed by atoms with Crippen molar-refractivity contribution in [2.45, 2.75) is 0 Å². The molecule has 0 bridgehead atoms. The molecule has 0 aromatic rings. The molecule has 0 amide bonds. The van der Waals surface area contributed by atoms with Crippen molar-refractivity contribution in [3.63, 3.8) is 0 Å². The van der Waals surface area contributed by atoms with Gasteiger partial charge in [-0.1, -0.05) is 0 Å². The number of hydrogen-bond donors (Lipinski definition) is 1. The van der Waals surface area contributed by atoms with E-state index >= 15 is 0 Å². The second-order valence-corrected chi connectivity index (χ2v) is 0. The normalized spacial score (nSPS) is 1.50. The summed E-state index contributed by atoms with van der Waals surface area (Å²) in [4.78, 5) is 0. The Kier molecular flexibility index (Phi) is 360. The first-order valence-electron chi connectivity index (χ1n) is 0.129. The Morgan fingerprint density at radius 3 is 1.25 bits per heavy atom. The molecular formula is H5NNiOS. The molecule has 0 aliphatic rings. The fourth-order valence-corrected chi connectivity index (χ4v) is 0. The van der Waals surface area contributed by atoms with Gasteiger partial charge in [-0.15, -0.1) is 0 Å². The molecule has 0 aromatic heterocycles. The first kappa shape index (κ1) is 22.9. The van der Waals surface area contributed by atoms with Gasteiger partial charge in [-0.3, -0.25) is 0 Å². The molecule has 0 aromatic carbocycles. The van der Waals surface area contributed by atoms with E-state index in [0.717, 1.165) is 0 Å². The summed E-state index contributed by atoms with van der Waals surface area (Å²) in [6.07, 6.45) is 0. The van der Waals surface area contributed by atoms with Crippen LogP contribution in [-0.4, -0.2) is 5.48 Å². The molecular weight excluding hydrogens is 121 g/mol. The summed E-state index contributed by atoms with van der Waals surface area (Å²) in [5.41, 5.74) is 0. The van der Waals surface area contributed by atoms with Crippen LogP contribution in [0.2, 0.25) is 0 Å². The molecule has 4 heavy (non-hydrogen) atoms. The first-order valence-corrected chi connectivity index (χ1v) is 1.60. The van der Waals surface area contributed by atoms with Gasteiger partial charge in [-0.2, -0.15) is 0 Å². The second kappa shape index (κ2) is 62.8. The fraction of sp³-hybridized carbons (Fsp3) is 0. The van der Waals surface area contributed by atoms with Gasteiger partial charge >= 0.3 is 24.5 Å². The molecule has 0 saturated carbocycles. The minimum absolute atomic E-state index is 0. The average molecular weight is 126 g/mol. The number of quaternary nitrogens is 1. The van der Waals surface area contributed by atoms with Gasteiger partial charge in [-0.05, 0) is 0 Å². The molecule has 0 aliphatic carbocycles. The molecule has 2 nitrogen and oxygen atoms in total. The average Bonchev–Trinajstić information content (AvgIpc) is 1.00. The molecule has 0 saturated heterocycles. The minimum atomic E-state index is 0. The van der Waals surface area contributed by atoms with E-state index in [1.54, 1.807) is 0 Å². The Labute approximate surface area is 36.8 Å². The molecule has 0 rings (SSSR count). The van der Waals surface area contributed by atoms with Crippen molar-refractivity contribution in [3.05, 3.63) is 0 Å². The first-order chi connectivity index (χ1) is 1.00. The summed E-state index contributed by atoms with van der Waals surface area (Å²) in [6, 6.07) is 0. The number of rotatable bonds is 0. The Hall–Kier alpha value is 0.634. The van der Waals surface area contributed by atoms with Gasteiger partial charge in [-0.25, -0.2) is 0 Å². The van der Waals surface area contributed by atoms with Crippen molar-refractivity contribution in [1.82, 2.24) is 6.15 Å². The predicted octanol–water partition coefficient (Wildman–Crippen LogP) is 0.845. The quantitative estimate of drug-likeness (QED) is 0.488. The van der Waals surface area contributed by atoms with Gasteiger partial charge < -0.3 is 11.6 Å². The van der Waals surface area contributed by atoms with E-state index < -0.39 is 0 Å². The molecule has 5 N–H and O–H groups in total. The third-order valence-corrected chi connectivity index (χ3v) is 0. The molecule has 0 spiro atoms. The van der Waals surface area contributed by atoms with E-state index in [1.807, 2.05) is 0 Å². The Balaban J connectivity index is -0.00000000500. The van der Waals surface area contributed by atoms with E-state index in [9.17, 15) is 0 Å². The molecule has 0 aliphatic heterocycles. The van der Waals surface area contributed by atoms with Gasteiger partial charge in [0.15, 0.2) is 0 Å². The Bertz CT molecular complexity index is 8.00. The summed E-state index contributed by atoms with van der Waals surface area (Å²) >= 11 is 3.46. The third kappa shape index (κ3) is 17.5. The Morgan fingerprint density at radius 2 is 1.25 bits per heavy atom. The maximum atomic E-state index is 3.71. The van der Waals surface area contributed by atoms with Crippen LogP contribution in [0.15, 0.2) is 0 Å². The summed E-state index contributed by atoms with van der Waals surface area (Å²) < 4.78 is 0. The van der Waals surface area contributed by atoms with E-state index in [1.165, 1.54) is 0 Å². The van der Waals surface area contributed by atoms with E-state index in [2.05, 4.69) is 24.5 Å². The molecule has 0 heterocycles. The van der Waals surface area contributed by atoms with Crippen molar-refractivity contribution in [1.29, 1.82) is 0 Å². The van der Waals surface area contributed by atoms with Crippen LogP contribution in [-0.2, 0) is 13.9 Å². The molecule has 4 heteroatoms. The molecule has 32 valence electrons. The van der Waals surface area contributed by atoms with Gasteiger partial charge in [0, 0.05) is 0 Å². The summed E-state index contributed by atoms with van der Waals surface area (Å²) in [6.45, 7) is 0. The monoisotopic (exact) mass is 125 g/mol. The molecule has 0 unspecified atom stereocenters. The van der Waals surface area contributed by atoms with Crippen molar-refractivity contribution in [3.8, 4) is 0 Å². The Morgan fingerprint density at radius 1 is 1.25 bits per heavy atom. The van der Waals surface area contributed by atoms with Crippen molar-refractivity contribution < 1.29 is 19.3 Å². The van der Waals surface area contributed by atoms with Crippen LogP contribution in [0.4, 0.5) is 0 Å². The van der Waals surface area contributed by atoms with E-state index in [4.69, 9.17) is 0 Å². The molecule has 0 atom stereocenters. The second-order valence-electron chi connectivity index (χ2n) is 0. The van der Waals surface area contributed by atoms with Crippen LogP contribution in [0.3, 0.4) is 0 Å². The van der Waals surface area contributed by atoms with Crippen LogP contribution in [0.25, 0.3) is 0 Å². The van der Waals surface area contributed by atoms with Gasteiger partial charge in [0.25, 0.3) is 0 Å².